The summed E-state index contributed by atoms with van der Waals surface area (Å²) in [4.78, 5) is 0. The second-order valence-corrected chi connectivity index (χ2v) is 7.61. The Hall–Kier alpha value is -1.14. The van der Waals surface area contributed by atoms with Gasteiger partial charge in [0.05, 0.1) is 0 Å². The smallest absolute Gasteiger partial charge is 0.0215 e. The van der Waals surface area contributed by atoms with Crippen LogP contribution in [0.5, 0.6) is 0 Å². The molecule has 0 atom stereocenters. The highest BCUT2D eigenvalue weighted by molar-refractivity contribution is 14.1. The summed E-state index contributed by atoms with van der Waals surface area (Å²) in [7, 11) is 0. The average Bonchev–Trinajstić information content (AvgIpc) is 2.54. The minimum Gasteiger partial charge on any atom is -0.0610 e. The van der Waals surface area contributed by atoms with E-state index in [2.05, 4.69) is 118 Å². The molecule has 106 valence electrons. The number of halogens is 2. The molecule has 0 saturated carbocycles. The monoisotopic (exact) mass is 506 g/mol. The summed E-state index contributed by atoms with van der Waals surface area (Å²) in [5.74, 6) is 0. The van der Waals surface area contributed by atoms with E-state index in [9.17, 15) is 0 Å². The van der Waals surface area contributed by atoms with E-state index in [0.29, 0.717) is 0 Å². The van der Waals surface area contributed by atoms with Gasteiger partial charge in [-0.25, -0.2) is 0 Å². The molecule has 0 aliphatic heterocycles. The van der Waals surface area contributed by atoms with Crippen LogP contribution in [-0.2, 0) is 0 Å². The van der Waals surface area contributed by atoms with Crippen molar-refractivity contribution >= 4 is 66.7 Å². The zero-order chi connectivity index (χ0) is 15.1. The van der Waals surface area contributed by atoms with Crippen LogP contribution in [0.25, 0.3) is 32.7 Å². The fourth-order valence-electron chi connectivity index (χ4n) is 3.04. The second-order valence-electron chi connectivity index (χ2n) is 5.29. The lowest BCUT2D eigenvalue weighted by atomic mass is 9.94. The highest BCUT2D eigenvalue weighted by Gasteiger charge is 2.11. The van der Waals surface area contributed by atoms with E-state index < -0.39 is 0 Å². The van der Waals surface area contributed by atoms with Crippen molar-refractivity contribution in [3.63, 3.8) is 0 Å². The van der Waals surface area contributed by atoms with Gasteiger partial charge in [-0.15, -0.1) is 0 Å². The first-order chi connectivity index (χ1) is 10.8. The Morgan fingerprint density at radius 1 is 0.455 bits per heavy atom. The molecule has 4 rings (SSSR count). The van der Waals surface area contributed by atoms with Gasteiger partial charge >= 0.3 is 0 Å². The molecule has 0 saturated heterocycles. The van der Waals surface area contributed by atoms with Gasteiger partial charge in [0.2, 0.25) is 0 Å². The summed E-state index contributed by atoms with van der Waals surface area (Å²) in [5, 5.41) is 5.29. The van der Waals surface area contributed by atoms with Crippen LogP contribution in [-0.4, -0.2) is 0 Å². The number of benzene rings is 4. The zero-order valence-electron chi connectivity index (χ0n) is 11.7. The van der Waals surface area contributed by atoms with Gasteiger partial charge in [0.1, 0.15) is 0 Å². The van der Waals surface area contributed by atoms with Gasteiger partial charge in [-0.2, -0.15) is 0 Å². The molecular weight excluding hydrogens is 494 g/mol. The summed E-state index contributed by atoms with van der Waals surface area (Å²) in [6.45, 7) is 0. The molecule has 0 aliphatic rings. The molecule has 4 aromatic carbocycles. The normalized spacial score (nSPS) is 11.2. The third-order valence-electron chi connectivity index (χ3n) is 4.00. The first-order valence-corrected chi connectivity index (χ1v) is 9.26. The summed E-state index contributed by atoms with van der Waals surface area (Å²) in [6.07, 6.45) is 0. The van der Waals surface area contributed by atoms with Crippen LogP contribution in [0.2, 0.25) is 0 Å². The fraction of sp³-hybridized carbons (Fsp3) is 0. The standard InChI is InChI=1S/C20H12I2/c21-17-11-3-7-13-5-1-9-15(19(13)17)16-10-2-6-14-8-4-12-18(22)20(14)16/h1-12H. The van der Waals surface area contributed by atoms with Gasteiger partial charge in [-0.3, -0.25) is 0 Å². The van der Waals surface area contributed by atoms with Crippen LogP contribution in [0, 0.1) is 7.14 Å². The summed E-state index contributed by atoms with van der Waals surface area (Å²) >= 11 is 4.88. The Bertz CT molecular complexity index is 909. The van der Waals surface area contributed by atoms with Crippen LogP contribution in [0.3, 0.4) is 0 Å². The Labute approximate surface area is 156 Å². The first-order valence-electron chi connectivity index (χ1n) is 7.10. The molecule has 0 spiro atoms. The summed E-state index contributed by atoms with van der Waals surface area (Å²) in [5.41, 5.74) is 2.63. The van der Waals surface area contributed by atoms with Gasteiger partial charge in [-0.05, 0) is 79.2 Å². The molecule has 0 radical (unpaired) electrons. The molecule has 4 aromatic rings. The van der Waals surface area contributed by atoms with Crippen LogP contribution in [0.15, 0.2) is 72.8 Å². The van der Waals surface area contributed by atoms with E-state index in [1.807, 2.05) is 0 Å². The molecule has 0 aromatic heterocycles. The first kappa shape index (κ1) is 14.5. The quantitative estimate of drug-likeness (QED) is 0.248. The van der Waals surface area contributed by atoms with Crippen molar-refractivity contribution in [1.29, 1.82) is 0 Å². The molecule has 0 fully saturated rings. The zero-order valence-corrected chi connectivity index (χ0v) is 16.0. The molecule has 0 nitrogen and oxygen atoms in total. The van der Waals surface area contributed by atoms with Crippen molar-refractivity contribution in [1.82, 2.24) is 0 Å². The summed E-state index contributed by atoms with van der Waals surface area (Å²) < 4.78 is 2.60. The Kier molecular flexibility index (Phi) is 3.82. The maximum absolute atomic E-state index is 2.44. The van der Waals surface area contributed by atoms with E-state index in [1.54, 1.807) is 0 Å². The lowest BCUT2D eigenvalue weighted by Crippen LogP contribution is -1.88. The van der Waals surface area contributed by atoms with Gasteiger partial charge in [-0.1, -0.05) is 60.7 Å². The van der Waals surface area contributed by atoms with Crippen molar-refractivity contribution in [2.75, 3.05) is 0 Å². The van der Waals surface area contributed by atoms with E-state index in [0.717, 1.165) is 0 Å². The Morgan fingerprint density at radius 3 is 1.23 bits per heavy atom. The predicted octanol–water partition coefficient (Wildman–Crippen LogP) is 6.87. The van der Waals surface area contributed by atoms with Gasteiger partial charge < -0.3 is 0 Å². The van der Waals surface area contributed by atoms with E-state index in [-0.39, 0.29) is 0 Å². The lowest BCUT2D eigenvalue weighted by molar-refractivity contribution is 1.65. The lowest BCUT2D eigenvalue weighted by Gasteiger charge is -2.12. The topological polar surface area (TPSA) is 0 Å². The minimum atomic E-state index is 1.30. The molecule has 0 aliphatic carbocycles. The predicted molar refractivity (Wildman–Crippen MR) is 112 cm³/mol. The van der Waals surface area contributed by atoms with Crippen LogP contribution in [0.4, 0.5) is 0 Å². The number of fused-ring (bicyclic) bond motifs is 2. The molecule has 2 heteroatoms. The third kappa shape index (κ3) is 2.33. The van der Waals surface area contributed by atoms with Crippen LogP contribution < -0.4 is 0 Å². The Balaban J connectivity index is 2.17. The van der Waals surface area contributed by atoms with Crippen molar-refractivity contribution in [3.8, 4) is 11.1 Å². The highest BCUT2D eigenvalue weighted by atomic mass is 127. The minimum absolute atomic E-state index is 1.30. The maximum atomic E-state index is 2.44. The largest absolute Gasteiger partial charge is 0.0610 e. The van der Waals surface area contributed by atoms with E-state index in [1.165, 1.54) is 39.8 Å². The average molecular weight is 506 g/mol. The number of rotatable bonds is 1. The van der Waals surface area contributed by atoms with E-state index in [4.69, 9.17) is 0 Å². The van der Waals surface area contributed by atoms with Crippen LogP contribution >= 0.6 is 45.2 Å². The van der Waals surface area contributed by atoms with Crippen molar-refractivity contribution in [3.05, 3.63) is 79.9 Å². The molecule has 0 unspecified atom stereocenters. The van der Waals surface area contributed by atoms with Crippen LogP contribution in [0.1, 0.15) is 0 Å². The fourth-order valence-corrected chi connectivity index (χ4v) is 4.66. The Morgan fingerprint density at radius 2 is 0.818 bits per heavy atom. The molecule has 22 heavy (non-hydrogen) atoms. The number of hydrogen-bond donors (Lipinski definition) is 0. The molecule has 0 bridgehead atoms. The second kappa shape index (κ2) is 5.81. The third-order valence-corrected chi connectivity index (χ3v) is 5.80. The maximum Gasteiger partial charge on any atom is 0.0215 e. The van der Waals surface area contributed by atoms with Crippen molar-refractivity contribution < 1.29 is 0 Å². The summed E-state index contributed by atoms with van der Waals surface area (Å²) in [6, 6.07) is 26.2. The van der Waals surface area contributed by atoms with Gasteiger partial charge in [0, 0.05) is 17.9 Å². The van der Waals surface area contributed by atoms with E-state index >= 15 is 0 Å². The number of hydrogen-bond acceptors (Lipinski definition) is 0. The van der Waals surface area contributed by atoms with Crippen molar-refractivity contribution in [2.24, 2.45) is 0 Å². The molecule has 0 heterocycles. The van der Waals surface area contributed by atoms with Gasteiger partial charge in [0.25, 0.3) is 0 Å². The molecule has 0 amide bonds. The molecule has 0 N–H and O–H groups in total. The molecular formula is C20H12I2. The van der Waals surface area contributed by atoms with Crippen molar-refractivity contribution in [2.45, 2.75) is 0 Å². The van der Waals surface area contributed by atoms with Gasteiger partial charge in [0.15, 0.2) is 0 Å². The highest BCUT2D eigenvalue weighted by Crippen LogP contribution is 2.37. The SMILES string of the molecule is Ic1cccc2cccc(-c3cccc4cccc(I)c34)c12.